The van der Waals surface area contributed by atoms with Crippen molar-refractivity contribution in [1.82, 2.24) is 19.9 Å². The zero-order valence-electron chi connectivity index (χ0n) is 8.16. The Bertz CT molecular complexity index is 680. The molecule has 0 aromatic carbocycles. The van der Waals surface area contributed by atoms with Gasteiger partial charge >= 0.3 is 5.69 Å². The van der Waals surface area contributed by atoms with Crippen molar-refractivity contribution in [3.8, 4) is 0 Å². The Hall–Kier alpha value is -2.43. The van der Waals surface area contributed by atoms with Gasteiger partial charge < -0.3 is 0 Å². The van der Waals surface area contributed by atoms with Crippen molar-refractivity contribution < 1.29 is 0 Å². The molecule has 0 aliphatic heterocycles. The van der Waals surface area contributed by atoms with Gasteiger partial charge in [-0.25, -0.2) is 9.78 Å². The molecule has 0 fully saturated rings. The summed E-state index contributed by atoms with van der Waals surface area (Å²) in [4.78, 5) is 27.3. The lowest BCUT2D eigenvalue weighted by Gasteiger charge is -1.92. The fraction of sp³-hybridized carbons (Fsp3) is 0. The van der Waals surface area contributed by atoms with E-state index >= 15 is 0 Å². The summed E-state index contributed by atoms with van der Waals surface area (Å²) in [6.07, 6.45) is 3.24. The van der Waals surface area contributed by atoms with Crippen LogP contribution in [0.1, 0.15) is 0 Å². The number of aromatic nitrogens is 4. The SMILES string of the molecule is O=c1nc2cccnc2c2cccnc2n1. The lowest BCUT2D eigenvalue weighted by Crippen LogP contribution is -2.05. The van der Waals surface area contributed by atoms with Gasteiger partial charge in [-0.2, -0.15) is 9.97 Å². The van der Waals surface area contributed by atoms with Gasteiger partial charge in [-0.15, -0.1) is 0 Å². The predicted octanol–water partition coefficient (Wildman–Crippen LogP) is 0.933. The van der Waals surface area contributed by atoms with E-state index in [0.29, 0.717) is 16.7 Å². The molecule has 0 atom stereocenters. The highest BCUT2D eigenvalue weighted by molar-refractivity contribution is 5.98. The second-order valence-corrected chi connectivity index (χ2v) is 3.25. The number of hydrogen-bond donors (Lipinski definition) is 0. The molecule has 0 N–H and O–H groups in total. The fourth-order valence-electron chi connectivity index (χ4n) is 1.58. The summed E-state index contributed by atoms with van der Waals surface area (Å²) < 4.78 is 0. The highest BCUT2D eigenvalue weighted by Gasteiger charge is 2.03. The first kappa shape index (κ1) is 8.84. The maximum absolute atomic E-state index is 11.4. The molecule has 0 saturated heterocycles. The van der Waals surface area contributed by atoms with E-state index in [9.17, 15) is 4.79 Å². The summed E-state index contributed by atoms with van der Waals surface area (Å²) in [5.74, 6) is 0. The number of nitrogens with zero attached hydrogens (tertiary/aromatic N) is 4. The second-order valence-electron chi connectivity index (χ2n) is 3.25. The fourth-order valence-corrected chi connectivity index (χ4v) is 1.58. The quantitative estimate of drug-likeness (QED) is 0.552. The molecule has 5 nitrogen and oxygen atoms in total. The van der Waals surface area contributed by atoms with Crippen LogP contribution in [-0.2, 0) is 0 Å². The Morgan fingerprint density at radius 3 is 2.69 bits per heavy atom. The van der Waals surface area contributed by atoms with E-state index in [1.807, 2.05) is 6.07 Å². The van der Waals surface area contributed by atoms with Gasteiger partial charge in [0.2, 0.25) is 0 Å². The van der Waals surface area contributed by atoms with Crippen LogP contribution in [0.15, 0.2) is 41.5 Å². The first-order valence-corrected chi connectivity index (χ1v) is 4.72. The summed E-state index contributed by atoms with van der Waals surface area (Å²) in [7, 11) is 0. The molecule has 0 saturated carbocycles. The molecular weight excluding hydrogens is 204 g/mol. The van der Waals surface area contributed by atoms with Crippen LogP contribution in [0.4, 0.5) is 0 Å². The molecule has 0 aliphatic rings. The van der Waals surface area contributed by atoms with E-state index in [-0.39, 0.29) is 0 Å². The average molecular weight is 210 g/mol. The highest BCUT2D eigenvalue weighted by atomic mass is 16.1. The molecule has 5 heteroatoms. The van der Waals surface area contributed by atoms with Gasteiger partial charge in [0.05, 0.1) is 11.0 Å². The minimum absolute atomic E-state index is 0.369. The zero-order valence-corrected chi connectivity index (χ0v) is 8.16. The molecular formula is C11H6N4O. The minimum Gasteiger partial charge on any atom is -0.254 e. The molecule has 3 aromatic heterocycles. The Kier molecular flexibility index (Phi) is 1.83. The van der Waals surface area contributed by atoms with Gasteiger partial charge in [-0.05, 0) is 24.3 Å². The third kappa shape index (κ3) is 1.30. The number of rotatable bonds is 0. The maximum atomic E-state index is 11.4. The van der Waals surface area contributed by atoms with E-state index in [4.69, 9.17) is 0 Å². The zero-order chi connectivity index (χ0) is 11.0. The molecule has 0 unspecified atom stereocenters. The van der Waals surface area contributed by atoms with E-state index in [1.54, 1.807) is 30.6 Å². The van der Waals surface area contributed by atoms with Crippen molar-refractivity contribution in [2.24, 2.45) is 0 Å². The van der Waals surface area contributed by atoms with Crippen molar-refractivity contribution in [3.63, 3.8) is 0 Å². The number of fused-ring (bicyclic) bond motifs is 3. The van der Waals surface area contributed by atoms with E-state index in [2.05, 4.69) is 19.9 Å². The van der Waals surface area contributed by atoms with Crippen LogP contribution in [0.5, 0.6) is 0 Å². The lowest BCUT2D eigenvalue weighted by molar-refractivity contribution is 1.14. The third-order valence-corrected chi connectivity index (χ3v) is 2.25. The summed E-state index contributed by atoms with van der Waals surface area (Å²) in [5, 5.41) is 0.729. The van der Waals surface area contributed by atoms with E-state index < -0.39 is 5.69 Å². The van der Waals surface area contributed by atoms with Crippen LogP contribution in [-0.4, -0.2) is 19.9 Å². The Morgan fingerprint density at radius 1 is 0.938 bits per heavy atom. The Morgan fingerprint density at radius 2 is 1.75 bits per heavy atom. The van der Waals surface area contributed by atoms with Crippen LogP contribution in [0.25, 0.3) is 22.1 Å². The Balaban J connectivity index is 2.72. The van der Waals surface area contributed by atoms with Gasteiger partial charge in [-0.3, -0.25) is 4.98 Å². The third-order valence-electron chi connectivity index (χ3n) is 2.25. The molecule has 0 amide bonds. The molecule has 0 bridgehead atoms. The van der Waals surface area contributed by atoms with Crippen LogP contribution in [0.2, 0.25) is 0 Å². The van der Waals surface area contributed by atoms with Crippen molar-refractivity contribution in [1.29, 1.82) is 0 Å². The molecule has 0 spiro atoms. The second kappa shape index (κ2) is 3.30. The van der Waals surface area contributed by atoms with Crippen molar-refractivity contribution in [2.45, 2.75) is 0 Å². The Labute approximate surface area is 89.8 Å². The van der Waals surface area contributed by atoms with Gasteiger partial charge in [0.1, 0.15) is 0 Å². The van der Waals surface area contributed by atoms with Gasteiger partial charge in [0.15, 0.2) is 5.65 Å². The van der Waals surface area contributed by atoms with E-state index in [1.165, 1.54) is 0 Å². The van der Waals surface area contributed by atoms with Crippen LogP contribution in [0, 0.1) is 0 Å². The van der Waals surface area contributed by atoms with Crippen LogP contribution >= 0.6 is 0 Å². The van der Waals surface area contributed by atoms with Gasteiger partial charge in [0.25, 0.3) is 0 Å². The van der Waals surface area contributed by atoms with Crippen molar-refractivity contribution in [3.05, 3.63) is 47.1 Å². The number of hydrogen-bond acceptors (Lipinski definition) is 5. The summed E-state index contributed by atoms with van der Waals surface area (Å²) in [5.41, 5.74) is 0.989. The normalized spacial score (nSPS) is 10.8. The lowest BCUT2D eigenvalue weighted by atomic mass is 10.2. The molecule has 3 heterocycles. The smallest absolute Gasteiger partial charge is 0.254 e. The van der Waals surface area contributed by atoms with Gasteiger partial charge in [-0.1, -0.05) is 0 Å². The highest BCUT2D eigenvalue weighted by Crippen LogP contribution is 2.14. The average Bonchev–Trinajstić information content (AvgIpc) is 2.44. The standard InChI is InChI=1S/C11H6N4O/c16-11-14-8-4-2-5-12-9(8)7-3-1-6-13-10(7)15-11/h1-6H. The summed E-state index contributed by atoms with van der Waals surface area (Å²) >= 11 is 0. The molecule has 76 valence electrons. The molecule has 0 aliphatic carbocycles. The monoisotopic (exact) mass is 210 g/mol. The van der Waals surface area contributed by atoms with Gasteiger partial charge in [0, 0.05) is 17.8 Å². The number of pyridine rings is 2. The minimum atomic E-state index is -0.549. The molecule has 0 radical (unpaired) electrons. The maximum Gasteiger partial charge on any atom is 0.369 e. The first-order valence-electron chi connectivity index (χ1n) is 4.72. The van der Waals surface area contributed by atoms with E-state index in [0.717, 1.165) is 5.39 Å². The van der Waals surface area contributed by atoms with Crippen molar-refractivity contribution in [2.75, 3.05) is 0 Å². The first-order chi connectivity index (χ1) is 7.84. The van der Waals surface area contributed by atoms with Crippen LogP contribution in [0.3, 0.4) is 0 Å². The largest absolute Gasteiger partial charge is 0.369 e. The van der Waals surface area contributed by atoms with Crippen molar-refractivity contribution >= 4 is 22.1 Å². The summed E-state index contributed by atoms with van der Waals surface area (Å²) in [6.45, 7) is 0. The molecule has 3 rings (SSSR count). The van der Waals surface area contributed by atoms with Crippen LogP contribution < -0.4 is 5.69 Å². The molecule has 3 aromatic rings. The predicted molar refractivity (Wildman–Crippen MR) is 58.9 cm³/mol. The topological polar surface area (TPSA) is 68.6 Å². The summed E-state index contributed by atoms with van der Waals surface area (Å²) in [6, 6.07) is 7.07. The molecule has 16 heavy (non-hydrogen) atoms.